The smallest absolute Gasteiger partial charge is 0.251 e. The van der Waals surface area contributed by atoms with E-state index in [2.05, 4.69) is 22.4 Å². The Kier molecular flexibility index (Phi) is 4.04. The van der Waals surface area contributed by atoms with Crippen molar-refractivity contribution in [3.8, 4) is 11.5 Å². The average Bonchev–Trinajstić information content (AvgIpc) is 2.93. The van der Waals surface area contributed by atoms with Gasteiger partial charge in [-0.3, -0.25) is 0 Å². The van der Waals surface area contributed by atoms with E-state index in [1.54, 1.807) is 0 Å². The van der Waals surface area contributed by atoms with Gasteiger partial charge in [-0.05, 0) is 40.7 Å². The van der Waals surface area contributed by atoms with Gasteiger partial charge >= 0.3 is 0 Å². The van der Waals surface area contributed by atoms with E-state index in [-0.39, 0.29) is 6.04 Å². The standard InChI is InChI=1S/C14H21N3O2/c1-6-7-15-9(3)13-16-17-14(19-13)12-8(2)10(4)18-11(12)5/h9,15H,6-7H2,1-5H3. The fraction of sp³-hybridized carbons (Fsp3) is 0.571. The highest BCUT2D eigenvalue weighted by Gasteiger charge is 2.20. The summed E-state index contributed by atoms with van der Waals surface area (Å²) in [5.74, 6) is 2.86. The fourth-order valence-electron chi connectivity index (χ4n) is 2.07. The molecule has 0 amide bonds. The molecule has 5 heteroatoms. The second-order valence-corrected chi connectivity index (χ2v) is 4.84. The lowest BCUT2D eigenvalue weighted by Crippen LogP contribution is -2.19. The van der Waals surface area contributed by atoms with Crippen LogP contribution in [0.1, 0.15) is 49.3 Å². The van der Waals surface area contributed by atoms with Crippen LogP contribution >= 0.6 is 0 Å². The minimum atomic E-state index is 0.0646. The van der Waals surface area contributed by atoms with Crippen molar-refractivity contribution in [2.45, 2.75) is 47.1 Å². The maximum absolute atomic E-state index is 5.76. The molecule has 0 radical (unpaired) electrons. The monoisotopic (exact) mass is 263 g/mol. The Balaban J connectivity index is 2.25. The van der Waals surface area contributed by atoms with Gasteiger partial charge in [0.2, 0.25) is 5.89 Å². The van der Waals surface area contributed by atoms with Crippen molar-refractivity contribution >= 4 is 0 Å². The highest BCUT2D eigenvalue weighted by atomic mass is 16.4. The average molecular weight is 263 g/mol. The molecular formula is C14H21N3O2. The Hall–Kier alpha value is -1.62. The molecule has 0 aromatic carbocycles. The van der Waals surface area contributed by atoms with Crippen LogP contribution in [0, 0.1) is 20.8 Å². The maximum Gasteiger partial charge on any atom is 0.251 e. The lowest BCUT2D eigenvalue weighted by atomic mass is 10.1. The van der Waals surface area contributed by atoms with Crippen LogP contribution < -0.4 is 5.32 Å². The first-order valence-electron chi connectivity index (χ1n) is 6.68. The molecule has 1 atom stereocenters. The van der Waals surface area contributed by atoms with Gasteiger partial charge in [0.25, 0.3) is 5.89 Å². The minimum Gasteiger partial charge on any atom is -0.466 e. The van der Waals surface area contributed by atoms with Gasteiger partial charge in [0, 0.05) is 5.56 Å². The summed E-state index contributed by atoms with van der Waals surface area (Å²) in [5, 5.41) is 11.6. The summed E-state index contributed by atoms with van der Waals surface area (Å²) in [4.78, 5) is 0. The number of aryl methyl sites for hydroxylation is 2. The molecule has 0 aliphatic heterocycles. The van der Waals surface area contributed by atoms with Crippen molar-refractivity contribution in [2.24, 2.45) is 0 Å². The van der Waals surface area contributed by atoms with Gasteiger partial charge < -0.3 is 14.2 Å². The molecule has 19 heavy (non-hydrogen) atoms. The highest BCUT2D eigenvalue weighted by molar-refractivity contribution is 5.61. The van der Waals surface area contributed by atoms with Gasteiger partial charge in [0.1, 0.15) is 11.5 Å². The van der Waals surface area contributed by atoms with Crippen LogP contribution in [0.4, 0.5) is 0 Å². The zero-order valence-corrected chi connectivity index (χ0v) is 12.2. The van der Waals surface area contributed by atoms with E-state index in [0.717, 1.165) is 35.6 Å². The number of hydrogen-bond donors (Lipinski definition) is 1. The SMILES string of the molecule is CCCNC(C)c1nnc(-c2c(C)oc(C)c2C)o1. The zero-order chi connectivity index (χ0) is 14.0. The summed E-state index contributed by atoms with van der Waals surface area (Å²) in [5.41, 5.74) is 1.97. The predicted octanol–water partition coefficient (Wildman–Crippen LogP) is 3.32. The summed E-state index contributed by atoms with van der Waals surface area (Å²) < 4.78 is 11.3. The molecule has 104 valence electrons. The molecule has 0 saturated carbocycles. The molecule has 2 heterocycles. The van der Waals surface area contributed by atoms with Gasteiger partial charge in [-0.15, -0.1) is 10.2 Å². The number of rotatable bonds is 5. The maximum atomic E-state index is 5.76. The van der Waals surface area contributed by atoms with Crippen LogP contribution in [0.2, 0.25) is 0 Å². The van der Waals surface area contributed by atoms with Crippen molar-refractivity contribution in [1.82, 2.24) is 15.5 Å². The van der Waals surface area contributed by atoms with Gasteiger partial charge in [0.05, 0.1) is 11.6 Å². The lowest BCUT2D eigenvalue weighted by Gasteiger charge is -2.07. The van der Waals surface area contributed by atoms with Crippen LogP contribution in [0.3, 0.4) is 0 Å². The molecule has 0 aliphatic rings. The first-order chi connectivity index (χ1) is 9.04. The normalized spacial score (nSPS) is 12.9. The predicted molar refractivity (Wildman–Crippen MR) is 72.9 cm³/mol. The third kappa shape index (κ3) is 2.71. The van der Waals surface area contributed by atoms with Crippen LogP contribution in [-0.2, 0) is 0 Å². The van der Waals surface area contributed by atoms with Crippen molar-refractivity contribution in [3.05, 3.63) is 23.0 Å². The second kappa shape index (κ2) is 5.57. The zero-order valence-electron chi connectivity index (χ0n) is 12.2. The van der Waals surface area contributed by atoms with Crippen molar-refractivity contribution in [3.63, 3.8) is 0 Å². The Morgan fingerprint density at radius 1 is 1.11 bits per heavy atom. The van der Waals surface area contributed by atoms with Crippen LogP contribution in [0.25, 0.3) is 11.5 Å². The molecule has 0 saturated heterocycles. The van der Waals surface area contributed by atoms with Gasteiger partial charge in [-0.1, -0.05) is 6.92 Å². The molecule has 2 aromatic rings. The van der Waals surface area contributed by atoms with Gasteiger partial charge in [-0.25, -0.2) is 0 Å². The largest absolute Gasteiger partial charge is 0.466 e. The molecule has 1 N–H and O–H groups in total. The molecule has 0 aliphatic carbocycles. The lowest BCUT2D eigenvalue weighted by molar-refractivity contribution is 0.422. The number of aromatic nitrogens is 2. The van der Waals surface area contributed by atoms with Gasteiger partial charge in [-0.2, -0.15) is 0 Å². The second-order valence-electron chi connectivity index (χ2n) is 4.84. The van der Waals surface area contributed by atoms with Gasteiger partial charge in [0.15, 0.2) is 0 Å². The first kappa shape index (κ1) is 13.8. The van der Waals surface area contributed by atoms with Crippen LogP contribution in [0.5, 0.6) is 0 Å². The van der Waals surface area contributed by atoms with E-state index in [4.69, 9.17) is 8.83 Å². The fourth-order valence-corrected chi connectivity index (χ4v) is 2.07. The van der Waals surface area contributed by atoms with Crippen molar-refractivity contribution < 1.29 is 8.83 Å². The van der Waals surface area contributed by atoms with E-state index in [9.17, 15) is 0 Å². The molecular weight excluding hydrogens is 242 g/mol. The molecule has 5 nitrogen and oxygen atoms in total. The minimum absolute atomic E-state index is 0.0646. The quantitative estimate of drug-likeness (QED) is 0.896. The van der Waals surface area contributed by atoms with E-state index < -0.39 is 0 Å². The third-order valence-corrected chi connectivity index (χ3v) is 3.29. The van der Waals surface area contributed by atoms with E-state index in [1.165, 1.54) is 0 Å². The Bertz CT molecular complexity index is 557. The summed E-state index contributed by atoms with van der Waals surface area (Å²) in [6.07, 6.45) is 1.07. The number of nitrogens with zero attached hydrogens (tertiary/aromatic N) is 2. The number of nitrogens with one attached hydrogen (secondary N) is 1. The summed E-state index contributed by atoms with van der Waals surface area (Å²) in [7, 11) is 0. The van der Waals surface area contributed by atoms with Crippen molar-refractivity contribution in [2.75, 3.05) is 6.54 Å². The Morgan fingerprint density at radius 2 is 1.84 bits per heavy atom. The van der Waals surface area contributed by atoms with Crippen molar-refractivity contribution in [1.29, 1.82) is 0 Å². The molecule has 0 fully saturated rings. The first-order valence-corrected chi connectivity index (χ1v) is 6.68. The molecule has 0 bridgehead atoms. The van der Waals surface area contributed by atoms with E-state index in [0.29, 0.717) is 11.8 Å². The summed E-state index contributed by atoms with van der Waals surface area (Å²) in [6, 6.07) is 0.0646. The molecule has 0 spiro atoms. The Morgan fingerprint density at radius 3 is 2.42 bits per heavy atom. The summed E-state index contributed by atoms with van der Waals surface area (Å²) >= 11 is 0. The van der Waals surface area contributed by atoms with E-state index in [1.807, 2.05) is 27.7 Å². The number of furan rings is 1. The summed E-state index contributed by atoms with van der Waals surface area (Å²) in [6.45, 7) is 10.9. The Labute approximate surface area is 113 Å². The molecule has 2 aromatic heterocycles. The van der Waals surface area contributed by atoms with Crippen LogP contribution in [0.15, 0.2) is 8.83 Å². The molecule has 1 unspecified atom stereocenters. The van der Waals surface area contributed by atoms with E-state index >= 15 is 0 Å². The number of hydrogen-bond acceptors (Lipinski definition) is 5. The highest BCUT2D eigenvalue weighted by Crippen LogP contribution is 2.31. The molecule has 2 rings (SSSR count). The van der Waals surface area contributed by atoms with Crippen LogP contribution in [-0.4, -0.2) is 16.7 Å². The third-order valence-electron chi connectivity index (χ3n) is 3.29. The topological polar surface area (TPSA) is 64.1 Å².